The van der Waals surface area contributed by atoms with E-state index in [1.54, 1.807) is 6.07 Å². The molecule has 1 fully saturated rings. The van der Waals surface area contributed by atoms with Crippen molar-refractivity contribution in [2.75, 3.05) is 6.54 Å². The van der Waals surface area contributed by atoms with Crippen LogP contribution in [0.5, 0.6) is 0 Å². The zero-order valence-electron chi connectivity index (χ0n) is 14.4. The second-order valence-electron chi connectivity index (χ2n) is 6.92. The van der Waals surface area contributed by atoms with Gasteiger partial charge in [0.2, 0.25) is 0 Å². The van der Waals surface area contributed by atoms with Crippen LogP contribution in [-0.4, -0.2) is 34.2 Å². The van der Waals surface area contributed by atoms with Gasteiger partial charge >= 0.3 is 0 Å². The average Bonchev–Trinajstić information content (AvgIpc) is 3.33. The summed E-state index contributed by atoms with van der Waals surface area (Å²) in [5.74, 6) is 0.260. The van der Waals surface area contributed by atoms with E-state index >= 15 is 0 Å². The number of hydrogen-bond acceptors (Lipinski definition) is 4. The van der Waals surface area contributed by atoms with E-state index in [-0.39, 0.29) is 5.56 Å². The van der Waals surface area contributed by atoms with E-state index in [1.165, 1.54) is 25.0 Å². The lowest BCUT2D eigenvalue weighted by Crippen LogP contribution is -2.44. The Morgan fingerprint density at radius 3 is 2.84 bits per heavy atom. The van der Waals surface area contributed by atoms with E-state index in [1.807, 2.05) is 13.0 Å². The molecule has 0 spiro atoms. The molecule has 25 heavy (non-hydrogen) atoms. The SMILES string of the molecule is CC1=CC(c2ccc(F)c(C(N)=O)c2)=NC2=CCN(C(C)C3CC3)N12. The van der Waals surface area contributed by atoms with Crippen LogP contribution in [-0.2, 0) is 0 Å². The third-order valence-electron chi connectivity index (χ3n) is 5.15. The molecule has 1 aromatic carbocycles. The second kappa shape index (κ2) is 5.81. The largest absolute Gasteiger partial charge is 0.366 e. The van der Waals surface area contributed by atoms with Crippen LogP contribution >= 0.6 is 0 Å². The van der Waals surface area contributed by atoms with Crippen LogP contribution in [0.2, 0.25) is 0 Å². The number of rotatable bonds is 4. The van der Waals surface area contributed by atoms with Gasteiger partial charge in [0.25, 0.3) is 5.91 Å². The molecule has 1 atom stereocenters. The van der Waals surface area contributed by atoms with Crippen LogP contribution in [0.3, 0.4) is 0 Å². The van der Waals surface area contributed by atoms with E-state index in [2.05, 4.69) is 23.0 Å². The highest BCUT2D eigenvalue weighted by Crippen LogP contribution is 2.39. The first-order valence-corrected chi connectivity index (χ1v) is 8.59. The number of halogens is 1. The second-order valence-corrected chi connectivity index (χ2v) is 6.92. The molecule has 0 aromatic heterocycles. The molecular weight excluding hydrogens is 319 g/mol. The Hall–Kier alpha value is -2.47. The number of hydrogen-bond donors (Lipinski definition) is 1. The van der Waals surface area contributed by atoms with Crippen molar-refractivity contribution in [3.05, 3.63) is 58.8 Å². The number of allylic oxidation sites excluding steroid dienone is 2. The molecule has 5 nitrogen and oxygen atoms in total. The molecule has 1 unspecified atom stereocenters. The van der Waals surface area contributed by atoms with Gasteiger partial charge in [0.15, 0.2) is 0 Å². The van der Waals surface area contributed by atoms with Crippen molar-refractivity contribution in [2.24, 2.45) is 16.6 Å². The molecule has 2 heterocycles. The highest BCUT2D eigenvalue weighted by Gasteiger charge is 2.38. The highest BCUT2D eigenvalue weighted by atomic mass is 19.1. The van der Waals surface area contributed by atoms with Crippen LogP contribution in [0.1, 0.15) is 42.6 Å². The van der Waals surface area contributed by atoms with E-state index in [0.29, 0.717) is 17.3 Å². The fourth-order valence-electron chi connectivity index (χ4n) is 3.56. The lowest BCUT2D eigenvalue weighted by molar-refractivity contribution is 0.0236. The summed E-state index contributed by atoms with van der Waals surface area (Å²) >= 11 is 0. The first-order valence-electron chi connectivity index (χ1n) is 8.59. The lowest BCUT2D eigenvalue weighted by Gasteiger charge is -2.37. The number of fused-ring (bicyclic) bond motifs is 1. The van der Waals surface area contributed by atoms with Crippen LogP contribution in [0.25, 0.3) is 0 Å². The van der Waals surface area contributed by atoms with Gasteiger partial charge in [-0.05, 0) is 63.0 Å². The molecule has 1 aliphatic carbocycles. The van der Waals surface area contributed by atoms with Gasteiger partial charge < -0.3 is 5.73 Å². The third kappa shape index (κ3) is 2.76. The molecule has 2 N–H and O–H groups in total. The van der Waals surface area contributed by atoms with Gasteiger partial charge in [-0.2, -0.15) is 0 Å². The summed E-state index contributed by atoms with van der Waals surface area (Å²) in [6.45, 7) is 5.14. The predicted octanol–water partition coefficient (Wildman–Crippen LogP) is 2.80. The monoisotopic (exact) mass is 340 g/mol. The normalized spacial score (nSPS) is 21.4. The van der Waals surface area contributed by atoms with Crippen LogP contribution in [0.15, 0.2) is 46.9 Å². The van der Waals surface area contributed by atoms with Crippen molar-refractivity contribution in [2.45, 2.75) is 32.7 Å². The molecule has 1 amide bonds. The number of nitrogens with zero attached hydrogens (tertiary/aromatic N) is 3. The summed E-state index contributed by atoms with van der Waals surface area (Å²) in [6.07, 6.45) is 6.66. The Morgan fingerprint density at radius 2 is 2.16 bits per heavy atom. The van der Waals surface area contributed by atoms with E-state index in [4.69, 9.17) is 10.7 Å². The standard InChI is InChI=1S/C19H21FN4O/c1-11-9-17(14-5-6-16(20)15(10-14)19(21)25)22-18-7-8-23(24(11)18)12(2)13-3-4-13/h5-7,9-10,12-13H,3-4,8H2,1-2H3,(H2,21,25). The number of carbonyl (C=O) groups excluding carboxylic acids is 1. The van der Waals surface area contributed by atoms with Gasteiger partial charge in [-0.15, -0.1) is 0 Å². The van der Waals surface area contributed by atoms with Gasteiger partial charge in [-0.1, -0.05) is 0 Å². The zero-order chi connectivity index (χ0) is 17.7. The Labute approximate surface area is 146 Å². The molecule has 2 aliphatic heterocycles. The number of amides is 1. The van der Waals surface area contributed by atoms with Gasteiger partial charge in [-0.25, -0.2) is 14.4 Å². The molecule has 6 heteroatoms. The predicted molar refractivity (Wildman–Crippen MR) is 94.0 cm³/mol. The Kier molecular flexibility index (Phi) is 3.72. The highest BCUT2D eigenvalue weighted by molar-refractivity contribution is 6.11. The van der Waals surface area contributed by atoms with Crippen LogP contribution < -0.4 is 5.73 Å². The third-order valence-corrected chi connectivity index (χ3v) is 5.15. The van der Waals surface area contributed by atoms with Gasteiger partial charge in [0.05, 0.1) is 11.3 Å². The smallest absolute Gasteiger partial charge is 0.251 e. The van der Waals surface area contributed by atoms with Crippen molar-refractivity contribution in [3.63, 3.8) is 0 Å². The number of aliphatic imine (C=N–C) groups is 1. The molecule has 1 saturated carbocycles. The van der Waals surface area contributed by atoms with Gasteiger partial charge in [-0.3, -0.25) is 9.80 Å². The number of benzene rings is 1. The molecule has 1 aromatic rings. The Morgan fingerprint density at radius 1 is 1.40 bits per heavy atom. The van der Waals surface area contributed by atoms with Crippen molar-refractivity contribution in [1.82, 2.24) is 10.0 Å². The summed E-state index contributed by atoms with van der Waals surface area (Å²) < 4.78 is 13.7. The maximum Gasteiger partial charge on any atom is 0.251 e. The molecular formula is C19H21FN4O. The maximum atomic E-state index is 13.7. The van der Waals surface area contributed by atoms with E-state index in [0.717, 1.165) is 24.0 Å². The van der Waals surface area contributed by atoms with Crippen molar-refractivity contribution >= 4 is 11.6 Å². The fraction of sp³-hybridized carbons (Fsp3) is 0.368. The summed E-state index contributed by atoms with van der Waals surface area (Å²) in [5, 5.41) is 4.50. The number of hydrazine groups is 1. The Bertz CT molecular complexity index is 838. The molecule has 130 valence electrons. The first kappa shape index (κ1) is 16.0. The summed E-state index contributed by atoms with van der Waals surface area (Å²) in [7, 11) is 0. The quantitative estimate of drug-likeness (QED) is 0.917. The first-order chi connectivity index (χ1) is 12.0. The lowest BCUT2D eigenvalue weighted by atomic mass is 10.0. The molecule has 4 rings (SSSR count). The minimum atomic E-state index is -0.775. The summed E-state index contributed by atoms with van der Waals surface area (Å²) in [6, 6.07) is 4.84. The number of nitrogens with two attached hydrogens (primary N) is 1. The van der Waals surface area contributed by atoms with Crippen LogP contribution in [0, 0.1) is 11.7 Å². The fourth-order valence-corrected chi connectivity index (χ4v) is 3.56. The van der Waals surface area contributed by atoms with Gasteiger partial charge in [0, 0.05) is 23.8 Å². The van der Waals surface area contributed by atoms with Crippen LogP contribution in [0.4, 0.5) is 4.39 Å². The number of primary amides is 1. The zero-order valence-corrected chi connectivity index (χ0v) is 14.4. The molecule has 3 aliphatic rings. The van der Waals surface area contributed by atoms with Crippen molar-refractivity contribution in [1.29, 1.82) is 0 Å². The topological polar surface area (TPSA) is 61.9 Å². The average molecular weight is 340 g/mol. The van der Waals surface area contributed by atoms with Crippen molar-refractivity contribution in [3.8, 4) is 0 Å². The Balaban J connectivity index is 1.65. The minimum Gasteiger partial charge on any atom is -0.366 e. The van der Waals surface area contributed by atoms with Gasteiger partial charge in [0.1, 0.15) is 11.6 Å². The minimum absolute atomic E-state index is 0.113. The number of carbonyl (C=O) groups is 1. The maximum absolute atomic E-state index is 13.7. The molecule has 0 radical (unpaired) electrons. The molecule has 0 bridgehead atoms. The van der Waals surface area contributed by atoms with E-state index < -0.39 is 11.7 Å². The molecule has 0 saturated heterocycles. The van der Waals surface area contributed by atoms with E-state index in [9.17, 15) is 9.18 Å². The van der Waals surface area contributed by atoms with Crippen molar-refractivity contribution < 1.29 is 9.18 Å². The summed E-state index contributed by atoms with van der Waals surface area (Å²) in [4.78, 5) is 16.1. The summed E-state index contributed by atoms with van der Waals surface area (Å²) in [5.41, 5.74) is 7.60.